The van der Waals surface area contributed by atoms with E-state index in [-0.39, 0.29) is 11.9 Å². The fraction of sp³-hybridized carbons (Fsp3) is 0.421. The van der Waals surface area contributed by atoms with Crippen LogP contribution >= 0.6 is 11.3 Å². The Morgan fingerprint density at radius 2 is 2.09 bits per heavy atom. The Hall–Kier alpha value is -1.65. The number of aryl methyl sites for hydroxylation is 1. The zero-order valence-corrected chi connectivity index (χ0v) is 14.8. The van der Waals surface area contributed by atoms with Gasteiger partial charge in [-0.25, -0.2) is 0 Å². The van der Waals surface area contributed by atoms with E-state index in [9.17, 15) is 4.79 Å². The quantitative estimate of drug-likeness (QED) is 0.931. The monoisotopic (exact) mass is 328 g/mol. The second kappa shape index (κ2) is 6.85. The highest BCUT2D eigenvalue weighted by Crippen LogP contribution is 2.38. The lowest BCUT2D eigenvalue weighted by Crippen LogP contribution is -2.45. The van der Waals surface area contributed by atoms with Crippen LogP contribution in [0, 0.1) is 6.92 Å². The Bertz CT molecular complexity index is 692. The first-order chi connectivity index (χ1) is 11.1. The van der Waals surface area contributed by atoms with E-state index in [4.69, 9.17) is 0 Å². The van der Waals surface area contributed by atoms with E-state index in [1.807, 2.05) is 16.2 Å². The molecule has 3 rings (SSSR count). The Morgan fingerprint density at radius 3 is 2.83 bits per heavy atom. The first-order valence-electron chi connectivity index (χ1n) is 8.22. The van der Waals surface area contributed by atoms with Crippen molar-refractivity contribution in [3.05, 3.63) is 57.3 Å². The third-order valence-corrected chi connectivity index (χ3v) is 5.43. The van der Waals surface area contributed by atoms with Crippen molar-refractivity contribution >= 4 is 17.2 Å². The molecule has 0 unspecified atom stereocenters. The van der Waals surface area contributed by atoms with Crippen LogP contribution in [0.4, 0.5) is 0 Å². The van der Waals surface area contributed by atoms with Crippen molar-refractivity contribution in [3.63, 3.8) is 0 Å². The van der Waals surface area contributed by atoms with Crippen molar-refractivity contribution in [2.45, 2.75) is 39.3 Å². The molecule has 0 bridgehead atoms. The average Bonchev–Trinajstić information content (AvgIpc) is 3.01. The van der Waals surface area contributed by atoms with E-state index in [0.29, 0.717) is 12.6 Å². The van der Waals surface area contributed by atoms with Crippen LogP contribution < -0.4 is 5.32 Å². The van der Waals surface area contributed by atoms with Gasteiger partial charge in [-0.1, -0.05) is 38.1 Å². The highest BCUT2D eigenvalue weighted by atomic mass is 32.1. The number of hydrogen-bond acceptors (Lipinski definition) is 3. The third kappa shape index (κ3) is 3.33. The molecular formula is C19H24N2OS. The minimum absolute atomic E-state index is 0.0488. The van der Waals surface area contributed by atoms with Crippen LogP contribution in [0.15, 0.2) is 35.7 Å². The standard InChI is InChI=1S/C19H24N2OS/c1-13(2)20-12-18(22)21-10-8-17-16(9-11-23-17)19(21)15-7-5-4-6-14(15)3/h4-7,9,11,13,19-20H,8,10,12H2,1-3H3/t19-/m0/s1. The highest BCUT2D eigenvalue weighted by Gasteiger charge is 2.33. The third-order valence-electron chi connectivity index (χ3n) is 4.43. The summed E-state index contributed by atoms with van der Waals surface area (Å²) in [6.07, 6.45) is 0.961. The molecule has 0 fully saturated rings. The topological polar surface area (TPSA) is 32.3 Å². The number of nitrogens with one attached hydrogen (secondary N) is 1. The summed E-state index contributed by atoms with van der Waals surface area (Å²) in [6, 6.07) is 11.0. The molecule has 1 amide bonds. The van der Waals surface area contributed by atoms with E-state index >= 15 is 0 Å². The summed E-state index contributed by atoms with van der Waals surface area (Å²) in [4.78, 5) is 16.3. The second-order valence-corrected chi connectivity index (χ2v) is 7.43. The molecule has 1 aliphatic rings. The molecule has 4 heteroatoms. The van der Waals surface area contributed by atoms with Gasteiger partial charge >= 0.3 is 0 Å². The molecule has 1 aromatic heterocycles. The molecule has 0 saturated heterocycles. The van der Waals surface area contributed by atoms with Crippen molar-refractivity contribution in [2.75, 3.05) is 13.1 Å². The van der Waals surface area contributed by atoms with E-state index in [0.717, 1.165) is 13.0 Å². The number of hydrogen-bond donors (Lipinski definition) is 1. The van der Waals surface area contributed by atoms with Gasteiger partial charge in [0, 0.05) is 17.5 Å². The van der Waals surface area contributed by atoms with E-state index in [1.54, 1.807) is 0 Å². The Morgan fingerprint density at radius 1 is 1.30 bits per heavy atom. The number of carbonyl (C=O) groups excluding carboxylic acids is 1. The predicted octanol–water partition coefficient (Wildman–Crippen LogP) is 3.53. The highest BCUT2D eigenvalue weighted by molar-refractivity contribution is 7.10. The molecule has 122 valence electrons. The van der Waals surface area contributed by atoms with E-state index in [2.05, 4.69) is 61.8 Å². The Kier molecular flexibility index (Phi) is 4.83. The molecule has 1 aliphatic heterocycles. The van der Waals surface area contributed by atoms with Gasteiger partial charge in [0.2, 0.25) is 5.91 Å². The maximum absolute atomic E-state index is 12.8. The summed E-state index contributed by atoms with van der Waals surface area (Å²) in [7, 11) is 0. The summed E-state index contributed by atoms with van der Waals surface area (Å²) in [5.74, 6) is 0.184. The van der Waals surface area contributed by atoms with Crippen LogP contribution in [-0.4, -0.2) is 29.9 Å². The molecule has 1 aromatic carbocycles. The molecule has 1 N–H and O–H groups in total. The molecule has 2 heterocycles. The number of carbonyl (C=O) groups is 1. The van der Waals surface area contributed by atoms with Gasteiger partial charge in [0.25, 0.3) is 0 Å². The number of amides is 1. The van der Waals surface area contributed by atoms with Crippen LogP contribution in [0.3, 0.4) is 0 Å². The maximum atomic E-state index is 12.8. The van der Waals surface area contributed by atoms with Gasteiger partial charge < -0.3 is 10.2 Å². The normalized spacial score (nSPS) is 17.4. The maximum Gasteiger partial charge on any atom is 0.237 e. The summed E-state index contributed by atoms with van der Waals surface area (Å²) in [5, 5.41) is 5.41. The lowest BCUT2D eigenvalue weighted by atomic mass is 9.90. The van der Waals surface area contributed by atoms with Crippen LogP contribution in [0.1, 0.15) is 41.5 Å². The first kappa shape index (κ1) is 16.2. The zero-order chi connectivity index (χ0) is 16.4. The Balaban J connectivity index is 1.96. The SMILES string of the molecule is Cc1ccccc1[C@H]1c2ccsc2CCN1C(=O)CNC(C)C. The summed E-state index contributed by atoms with van der Waals surface area (Å²) in [6.45, 7) is 7.47. The molecular weight excluding hydrogens is 304 g/mol. The van der Waals surface area contributed by atoms with Crippen LogP contribution in [0.2, 0.25) is 0 Å². The fourth-order valence-electron chi connectivity index (χ4n) is 3.21. The molecule has 1 atom stereocenters. The molecule has 2 aromatic rings. The van der Waals surface area contributed by atoms with Crippen LogP contribution in [0.25, 0.3) is 0 Å². The summed E-state index contributed by atoms with van der Waals surface area (Å²) >= 11 is 1.81. The van der Waals surface area contributed by atoms with Crippen molar-refractivity contribution in [3.8, 4) is 0 Å². The van der Waals surface area contributed by atoms with Crippen molar-refractivity contribution < 1.29 is 4.79 Å². The lowest BCUT2D eigenvalue weighted by molar-refractivity contribution is -0.132. The number of rotatable bonds is 4. The van der Waals surface area contributed by atoms with Crippen molar-refractivity contribution in [1.29, 1.82) is 0 Å². The molecule has 0 saturated carbocycles. The van der Waals surface area contributed by atoms with E-state index in [1.165, 1.54) is 21.6 Å². The Labute approximate surface area is 142 Å². The largest absolute Gasteiger partial charge is 0.330 e. The summed E-state index contributed by atoms with van der Waals surface area (Å²) < 4.78 is 0. The fourth-order valence-corrected chi connectivity index (χ4v) is 4.11. The first-order valence-corrected chi connectivity index (χ1v) is 9.10. The zero-order valence-electron chi connectivity index (χ0n) is 14.0. The smallest absolute Gasteiger partial charge is 0.237 e. The van der Waals surface area contributed by atoms with Crippen LogP contribution in [0.5, 0.6) is 0 Å². The van der Waals surface area contributed by atoms with Gasteiger partial charge in [0.15, 0.2) is 0 Å². The molecule has 3 nitrogen and oxygen atoms in total. The van der Waals surface area contributed by atoms with Gasteiger partial charge in [-0.05, 0) is 41.5 Å². The molecule has 0 aliphatic carbocycles. The van der Waals surface area contributed by atoms with Gasteiger partial charge in [-0.3, -0.25) is 4.79 Å². The van der Waals surface area contributed by atoms with Gasteiger partial charge in [0.05, 0.1) is 12.6 Å². The molecule has 0 radical (unpaired) electrons. The van der Waals surface area contributed by atoms with Crippen molar-refractivity contribution in [1.82, 2.24) is 10.2 Å². The minimum atomic E-state index is 0.0488. The van der Waals surface area contributed by atoms with Gasteiger partial charge in [0.1, 0.15) is 0 Å². The van der Waals surface area contributed by atoms with Gasteiger partial charge in [-0.15, -0.1) is 11.3 Å². The minimum Gasteiger partial charge on any atom is -0.330 e. The number of thiophene rings is 1. The second-order valence-electron chi connectivity index (χ2n) is 6.43. The molecule has 23 heavy (non-hydrogen) atoms. The van der Waals surface area contributed by atoms with E-state index < -0.39 is 0 Å². The molecule has 0 spiro atoms. The van der Waals surface area contributed by atoms with Gasteiger partial charge in [-0.2, -0.15) is 0 Å². The number of benzene rings is 1. The number of nitrogens with zero attached hydrogens (tertiary/aromatic N) is 1. The van der Waals surface area contributed by atoms with Crippen molar-refractivity contribution in [2.24, 2.45) is 0 Å². The summed E-state index contributed by atoms with van der Waals surface area (Å²) in [5.41, 5.74) is 3.78. The number of fused-ring (bicyclic) bond motifs is 1. The predicted molar refractivity (Wildman–Crippen MR) is 95.9 cm³/mol. The van der Waals surface area contributed by atoms with Crippen LogP contribution in [-0.2, 0) is 11.2 Å². The lowest BCUT2D eigenvalue weighted by Gasteiger charge is -2.37. The average molecular weight is 328 g/mol.